The number of phenols is 1. The standard InChI is InChI=1S/C21H18N2O6S/c1-13(24)22-16-6-2-4-14(10-16)15-5-3-7-17(11-15)23(30(28)29)18-8-9-19(21(26)27)20(25)12-18/h2-12,25H,1H3,(H,22,24)(H,26,27)(H,28,29). The molecule has 0 aromatic heterocycles. The Morgan fingerprint density at radius 1 is 0.933 bits per heavy atom. The average molecular weight is 426 g/mol. The average Bonchev–Trinajstić information content (AvgIpc) is 2.67. The van der Waals surface area contributed by atoms with Crippen LogP contribution in [0.2, 0.25) is 0 Å². The number of anilines is 3. The molecular weight excluding hydrogens is 408 g/mol. The number of carboxylic acids is 1. The molecule has 154 valence electrons. The van der Waals surface area contributed by atoms with Crippen LogP contribution in [0.4, 0.5) is 17.1 Å². The number of rotatable bonds is 6. The minimum atomic E-state index is -2.49. The summed E-state index contributed by atoms with van der Waals surface area (Å²) in [6.45, 7) is 1.41. The van der Waals surface area contributed by atoms with Crippen LogP contribution in [0.1, 0.15) is 17.3 Å². The summed E-state index contributed by atoms with van der Waals surface area (Å²) >= 11 is -2.49. The number of carbonyl (C=O) groups excluding carboxylic acids is 1. The van der Waals surface area contributed by atoms with Crippen LogP contribution < -0.4 is 9.62 Å². The second kappa shape index (κ2) is 8.76. The Morgan fingerprint density at radius 3 is 2.17 bits per heavy atom. The molecule has 1 atom stereocenters. The Labute approximate surface area is 174 Å². The maximum absolute atomic E-state index is 12.0. The zero-order valence-electron chi connectivity index (χ0n) is 15.8. The van der Waals surface area contributed by atoms with Crippen molar-refractivity contribution in [3.8, 4) is 16.9 Å². The van der Waals surface area contributed by atoms with Crippen LogP contribution in [0.3, 0.4) is 0 Å². The molecule has 1 unspecified atom stereocenters. The van der Waals surface area contributed by atoms with Crippen molar-refractivity contribution in [3.05, 3.63) is 72.3 Å². The molecule has 0 bridgehead atoms. The van der Waals surface area contributed by atoms with Gasteiger partial charge in [-0.25, -0.2) is 13.3 Å². The van der Waals surface area contributed by atoms with Crippen molar-refractivity contribution >= 4 is 40.2 Å². The van der Waals surface area contributed by atoms with E-state index in [2.05, 4.69) is 5.32 Å². The van der Waals surface area contributed by atoms with Gasteiger partial charge in [-0.2, -0.15) is 0 Å². The molecule has 1 amide bonds. The summed E-state index contributed by atoms with van der Waals surface area (Å²) in [7, 11) is 0. The van der Waals surface area contributed by atoms with E-state index in [0.29, 0.717) is 11.4 Å². The van der Waals surface area contributed by atoms with E-state index >= 15 is 0 Å². The number of aromatic carboxylic acids is 1. The Bertz CT molecular complexity index is 1150. The molecule has 0 fully saturated rings. The molecule has 9 heteroatoms. The fourth-order valence-electron chi connectivity index (χ4n) is 2.95. The predicted molar refractivity (Wildman–Crippen MR) is 114 cm³/mol. The highest BCUT2D eigenvalue weighted by Gasteiger charge is 2.19. The number of amides is 1. The molecule has 4 N–H and O–H groups in total. The number of nitrogens with zero attached hydrogens (tertiary/aromatic N) is 1. The SMILES string of the molecule is CC(=O)Nc1cccc(-c2cccc(N(c3ccc(C(=O)O)c(O)c3)S(=O)O)c2)c1. The molecule has 3 rings (SSSR count). The van der Waals surface area contributed by atoms with Gasteiger partial charge in [0.05, 0.1) is 11.4 Å². The van der Waals surface area contributed by atoms with Crippen molar-refractivity contribution in [2.24, 2.45) is 0 Å². The van der Waals surface area contributed by atoms with Gasteiger partial charge in [-0.3, -0.25) is 9.35 Å². The largest absolute Gasteiger partial charge is 0.507 e. The lowest BCUT2D eigenvalue weighted by Crippen LogP contribution is -2.19. The van der Waals surface area contributed by atoms with Gasteiger partial charge in [0.25, 0.3) is 11.3 Å². The summed E-state index contributed by atoms with van der Waals surface area (Å²) in [6.07, 6.45) is 0. The maximum Gasteiger partial charge on any atom is 0.339 e. The van der Waals surface area contributed by atoms with Crippen LogP contribution in [0, 0.1) is 0 Å². The number of nitrogens with one attached hydrogen (secondary N) is 1. The fraction of sp³-hybridized carbons (Fsp3) is 0.0476. The molecule has 0 spiro atoms. The van der Waals surface area contributed by atoms with Crippen molar-refractivity contribution in [1.29, 1.82) is 0 Å². The molecule has 0 saturated carbocycles. The number of benzene rings is 3. The summed E-state index contributed by atoms with van der Waals surface area (Å²) in [5, 5.41) is 21.7. The van der Waals surface area contributed by atoms with Gasteiger partial charge in [0.15, 0.2) is 0 Å². The van der Waals surface area contributed by atoms with Gasteiger partial charge in [-0.1, -0.05) is 24.3 Å². The van der Waals surface area contributed by atoms with E-state index in [0.717, 1.165) is 27.6 Å². The third-order valence-electron chi connectivity index (χ3n) is 4.20. The third-order valence-corrected chi connectivity index (χ3v) is 4.93. The Kier molecular flexibility index (Phi) is 6.14. The first kappa shape index (κ1) is 21.0. The van der Waals surface area contributed by atoms with Crippen molar-refractivity contribution in [1.82, 2.24) is 0 Å². The first-order valence-corrected chi connectivity index (χ1v) is 9.78. The minimum absolute atomic E-state index is 0.141. The summed E-state index contributed by atoms with van der Waals surface area (Å²) in [4.78, 5) is 22.4. The molecule has 0 aliphatic rings. The number of hydrogen-bond donors (Lipinski definition) is 4. The van der Waals surface area contributed by atoms with Gasteiger partial charge >= 0.3 is 5.97 Å². The van der Waals surface area contributed by atoms with E-state index in [9.17, 15) is 23.5 Å². The molecule has 0 aliphatic carbocycles. The second-order valence-corrected chi connectivity index (χ2v) is 7.17. The lowest BCUT2D eigenvalue weighted by molar-refractivity contribution is -0.114. The molecule has 3 aromatic carbocycles. The minimum Gasteiger partial charge on any atom is -0.507 e. The Balaban J connectivity index is 2.02. The smallest absolute Gasteiger partial charge is 0.339 e. The van der Waals surface area contributed by atoms with E-state index in [1.165, 1.54) is 13.0 Å². The number of carboxylic acid groups (broad SMARTS) is 1. The zero-order valence-corrected chi connectivity index (χ0v) is 16.6. The quantitative estimate of drug-likeness (QED) is 0.442. The van der Waals surface area contributed by atoms with E-state index in [-0.39, 0.29) is 17.2 Å². The summed E-state index contributed by atoms with van der Waals surface area (Å²) in [5.41, 5.74) is 2.29. The van der Waals surface area contributed by atoms with Gasteiger partial charge in [0.1, 0.15) is 11.3 Å². The van der Waals surface area contributed by atoms with Crippen LogP contribution in [-0.4, -0.2) is 30.9 Å². The lowest BCUT2D eigenvalue weighted by atomic mass is 10.0. The Hall–Kier alpha value is -3.69. The monoisotopic (exact) mass is 426 g/mol. The molecular formula is C21H18N2O6S. The van der Waals surface area contributed by atoms with Crippen molar-refractivity contribution < 1.29 is 28.6 Å². The molecule has 30 heavy (non-hydrogen) atoms. The van der Waals surface area contributed by atoms with Gasteiger partial charge in [0.2, 0.25) is 5.91 Å². The molecule has 0 radical (unpaired) electrons. The van der Waals surface area contributed by atoms with Crippen molar-refractivity contribution in [3.63, 3.8) is 0 Å². The van der Waals surface area contributed by atoms with E-state index in [1.54, 1.807) is 42.5 Å². The van der Waals surface area contributed by atoms with E-state index < -0.39 is 23.0 Å². The number of carbonyl (C=O) groups is 2. The fourth-order valence-corrected chi connectivity index (χ4v) is 3.54. The topological polar surface area (TPSA) is 127 Å². The predicted octanol–water partition coefficient (Wildman–Crippen LogP) is 3.99. The zero-order chi connectivity index (χ0) is 21.8. The van der Waals surface area contributed by atoms with Gasteiger partial charge in [-0.05, 0) is 47.5 Å². The summed E-state index contributed by atoms with van der Waals surface area (Å²) in [6, 6.07) is 17.5. The lowest BCUT2D eigenvalue weighted by Gasteiger charge is -2.21. The second-order valence-electron chi connectivity index (χ2n) is 6.34. The highest BCUT2D eigenvalue weighted by molar-refractivity contribution is 7.81. The molecule has 3 aromatic rings. The highest BCUT2D eigenvalue weighted by atomic mass is 32.2. The van der Waals surface area contributed by atoms with E-state index in [1.807, 2.05) is 6.07 Å². The number of hydrogen-bond acceptors (Lipinski definition) is 4. The number of aromatic hydroxyl groups is 1. The maximum atomic E-state index is 12.0. The third kappa shape index (κ3) is 4.65. The van der Waals surface area contributed by atoms with Crippen LogP contribution in [0.5, 0.6) is 5.75 Å². The molecule has 0 heterocycles. The van der Waals surface area contributed by atoms with Gasteiger partial charge < -0.3 is 15.5 Å². The summed E-state index contributed by atoms with van der Waals surface area (Å²) < 4.78 is 22.9. The van der Waals surface area contributed by atoms with Crippen molar-refractivity contribution in [2.75, 3.05) is 9.62 Å². The van der Waals surface area contributed by atoms with Gasteiger partial charge in [-0.15, -0.1) is 0 Å². The van der Waals surface area contributed by atoms with Crippen LogP contribution in [-0.2, 0) is 16.1 Å². The van der Waals surface area contributed by atoms with Crippen LogP contribution in [0.25, 0.3) is 11.1 Å². The molecule has 0 aliphatic heterocycles. The summed E-state index contributed by atoms with van der Waals surface area (Å²) in [5.74, 6) is -2.03. The van der Waals surface area contributed by atoms with Gasteiger partial charge in [0, 0.05) is 18.7 Å². The first-order chi connectivity index (χ1) is 14.3. The Morgan fingerprint density at radius 2 is 1.57 bits per heavy atom. The van der Waals surface area contributed by atoms with Crippen LogP contribution >= 0.6 is 0 Å². The van der Waals surface area contributed by atoms with E-state index in [4.69, 9.17) is 5.11 Å². The highest BCUT2D eigenvalue weighted by Crippen LogP contribution is 2.34. The van der Waals surface area contributed by atoms with Crippen molar-refractivity contribution in [2.45, 2.75) is 6.92 Å². The normalized spacial score (nSPS) is 11.5. The first-order valence-electron chi connectivity index (χ1n) is 8.72. The molecule has 8 nitrogen and oxygen atoms in total. The van der Waals surface area contributed by atoms with Crippen LogP contribution in [0.15, 0.2) is 66.7 Å². The molecule has 0 saturated heterocycles.